The third kappa shape index (κ3) is 3.96. The highest BCUT2D eigenvalue weighted by molar-refractivity contribution is 6.30. The SMILES string of the molecule is Cc1nc2ccccc2n1C1CC2CCC(C1)N2CCC1(c2cc(F)cc(Cl)c2)CCNCC1. The molecule has 0 spiro atoms. The Labute approximate surface area is 206 Å². The molecule has 2 bridgehead atoms. The number of aromatic nitrogens is 2. The summed E-state index contributed by atoms with van der Waals surface area (Å²) in [5.41, 5.74) is 3.47. The zero-order valence-corrected chi connectivity index (χ0v) is 20.7. The molecule has 1 N–H and O–H groups in total. The molecule has 3 aliphatic rings. The van der Waals surface area contributed by atoms with E-state index in [0.29, 0.717) is 23.1 Å². The molecule has 3 saturated heterocycles. The van der Waals surface area contributed by atoms with Crippen molar-refractivity contribution in [1.29, 1.82) is 0 Å². The number of halogens is 2. The van der Waals surface area contributed by atoms with Crippen LogP contribution in [0.3, 0.4) is 0 Å². The lowest BCUT2D eigenvalue weighted by atomic mass is 9.70. The molecule has 1 aromatic heterocycles. The van der Waals surface area contributed by atoms with Crippen LogP contribution in [-0.2, 0) is 5.41 Å². The summed E-state index contributed by atoms with van der Waals surface area (Å²) >= 11 is 6.28. The zero-order chi connectivity index (χ0) is 23.3. The molecule has 4 heterocycles. The number of benzene rings is 2. The fourth-order valence-corrected chi connectivity index (χ4v) is 7.46. The van der Waals surface area contributed by atoms with Crippen LogP contribution >= 0.6 is 11.6 Å². The van der Waals surface area contributed by atoms with Crippen molar-refractivity contribution in [2.24, 2.45) is 0 Å². The Morgan fingerprint density at radius 1 is 1.06 bits per heavy atom. The molecule has 0 aliphatic carbocycles. The third-order valence-corrected chi connectivity index (χ3v) is 9.10. The van der Waals surface area contributed by atoms with E-state index in [0.717, 1.165) is 55.8 Å². The van der Waals surface area contributed by atoms with E-state index in [1.165, 1.54) is 37.3 Å². The summed E-state index contributed by atoms with van der Waals surface area (Å²) in [5.74, 6) is 0.917. The summed E-state index contributed by atoms with van der Waals surface area (Å²) in [5, 5.41) is 4.01. The number of rotatable bonds is 5. The van der Waals surface area contributed by atoms with Crippen molar-refractivity contribution in [3.63, 3.8) is 0 Å². The molecule has 3 aliphatic heterocycles. The van der Waals surface area contributed by atoms with Crippen LogP contribution < -0.4 is 5.32 Å². The third-order valence-electron chi connectivity index (χ3n) is 8.88. The number of imidazole rings is 1. The van der Waals surface area contributed by atoms with Crippen molar-refractivity contribution in [1.82, 2.24) is 19.8 Å². The Balaban J connectivity index is 1.21. The van der Waals surface area contributed by atoms with Gasteiger partial charge < -0.3 is 9.88 Å². The maximum Gasteiger partial charge on any atom is 0.124 e. The average molecular weight is 481 g/mol. The highest BCUT2D eigenvalue weighted by atomic mass is 35.5. The minimum Gasteiger partial charge on any atom is -0.325 e. The molecule has 0 radical (unpaired) electrons. The first kappa shape index (κ1) is 22.5. The zero-order valence-electron chi connectivity index (χ0n) is 19.9. The second-order valence-corrected chi connectivity index (χ2v) is 11.1. The Hall–Kier alpha value is -1.95. The van der Waals surface area contributed by atoms with E-state index >= 15 is 0 Å². The predicted molar refractivity (Wildman–Crippen MR) is 136 cm³/mol. The van der Waals surface area contributed by atoms with Crippen molar-refractivity contribution in [2.75, 3.05) is 19.6 Å². The normalized spacial score (nSPS) is 26.9. The van der Waals surface area contributed by atoms with Gasteiger partial charge in [-0.2, -0.15) is 0 Å². The molecule has 2 unspecified atom stereocenters. The molecule has 3 fully saturated rings. The number of fused-ring (bicyclic) bond motifs is 3. The number of hydrogen-bond donors (Lipinski definition) is 1. The molecule has 6 heteroatoms. The largest absolute Gasteiger partial charge is 0.325 e. The lowest BCUT2D eigenvalue weighted by molar-refractivity contribution is 0.0928. The van der Waals surface area contributed by atoms with Crippen LogP contribution in [0.25, 0.3) is 11.0 Å². The van der Waals surface area contributed by atoms with Crippen LogP contribution in [0.1, 0.15) is 62.4 Å². The van der Waals surface area contributed by atoms with Crippen molar-refractivity contribution in [2.45, 2.75) is 75.4 Å². The Morgan fingerprint density at radius 3 is 2.53 bits per heavy atom. The summed E-state index contributed by atoms with van der Waals surface area (Å²) < 4.78 is 16.8. The molecule has 2 aromatic carbocycles. The molecule has 2 atom stereocenters. The minimum absolute atomic E-state index is 0.00438. The summed E-state index contributed by atoms with van der Waals surface area (Å²) in [7, 11) is 0. The van der Waals surface area contributed by atoms with Gasteiger partial charge in [0, 0.05) is 23.1 Å². The van der Waals surface area contributed by atoms with Crippen LogP contribution in [0.4, 0.5) is 4.39 Å². The van der Waals surface area contributed by atoms with Gasteiger partial charge in [0.2, 0.25) is 0 Å². The summed E-state index contributed by atoms with van der Waals surface area (Å²) in [6.07, 6.45) is 8.10. The molecule has 180 valence electrons. The van der Waals surface area contributed by atoms with Crippen LogP contribution in [-0.4, -0.2) is 46.2 Å². The van der Waals surface area contributed by atoms with Crippen LogP contribution in [0.2, 0.25) is 5.02 Å². The van der Waals surface area contributed by atoms with Crippen molar-refractivity contribution in [3.05, 3.63) is 64.7 Å². The van der Waals surface area contributed by atoms with E-state index in [2.05, 4.69) is 46.0 Å². The fraction of sp³-hybridized carbons (Fsp3) is 0.536. The quantitative estimate of drug-likeness (QED) is 0.485. The van der Waals surface area contributed by atoms with Crippen molar-refractivity contribution in [3.8, 4) is 0 Å². The van der Waals surface area contributed by atoms with E-state index in [-0.39, 0.29) is 11.2 Å². The van der Waals surface area contributed by atoms with Gasteiger partial charge in [0.05, 0.1) is 11.0 Å². The first-order valence-corrected chi connectivity index (χ1v) is 13.3. The van der Waals surface area contributed by atoms with Gasteiger partial charge in [0.15, 0.2) is 0 Å². The van der Waals surface area contributed by atoms with Gasteiger partial charge in [-0.25, -0.2) is 9.37 Å². The molecular weight excluding hydrogens is 447 g/mol. The Bertz CT molecular complexity index is 1150. The van der Waals surface area contributed by atoms with E-state index in [1.54, 1.807) is 6.07 Å². The van der Waals surface area contributed by atoms with Crippen LogP contribution in [0.15, 0.2) is 42.5 Å². The lowest BCUT2D eigenvalue weighted by Gasteiger charge is -2.44. The monoisotopic (exact) mass is 480 g/mol. The summed E-state index contributed by atoms with van der Waals surface area (Å²) in [6, 6.07) is 15.5. The van der Waals surface area contributed by atoms with Gasteiger partial charge >= 0.3 is 0 Å². The average Bonchev–Trinajstić information content (AvgIpc) is 3.28. The standard InChI is InChI=1S/C28H34ClFN4/c1-19-32-26-4-2-3-5-27(26)34(19)25-17-23-6-7-24(18-25)33(23)13-10-28(8-11-31-12-9-28)20-14-21(29)16-22(30)15-20/h2-5,14-16,23-25,31H,6-13,17-18H2,1H3. The maximum absolute atomic E-state index is 14.3. The van der Waals surface area contributed by atoms with Gasteiger partial charge in [-0.1, -0.05) is 23.7 Å². The van der Waals surface area contributed by atoms with E-state index in [1.807, 2.05) is 6.07 Å². The minimum atomic E-state index is -0.218. The van der Waals surface area contributed by atoms with Gasteiger partial charge in [-0.15, -0.1) is 0 Å². The fourth-order valence-electron chi connectivity index (χ4n) is 7.24. The highest BCUT2D eigenvalue weighted by Gasteiger charge is 2.43. The second kappa shape index (κ2) is 8.92. The number of nitrogens with one attached hydrogen (secondary N) is 1. The second-order valence-electron chi connectivity index (χ2n) is 10.7. The Morgan fingerprint density at radius 2 is 1.79 bits per heavy atom. The predicted octanol–water partition coefficient (Wildman–Crippen LogP) is 6.02. The number of aryl methyl sites for hydroxylation is 1. The smallest absolute Gasteiger partial charge is 0.124 e. The molecular formula is C28H34ClFN4. The first-order chi connectivity index (χ1) is 16.5. The highest BCUT2D eigenvalue weighted by Crippen LogP contribution is 2.44. The van der Waals surface area contributed by atoms with Crippen molar-refractivity contribution < 1.29 is 4.39 Å². The molecule has 34 heavy (non-hydrogen) atoms. The van der Waals surface area contributed by atoms with E-state index < -0.39 is 0 Å². The summed E-state index contributed by atoms with van der Waals surface area (Å²) in [6.45, 7) is 5.20. The molecule has 0 amide bonds. The van der Waals surface area contributed by atoms with E-state index in [4.69, 9.17) is 16.6 Å². The molecule has 0 saturated carbocycles. The van der Waals surface area contributed by atoms with Crippen LogP contribution in [0.5, 0.6) is 0 Å². The topological polar surface area (TPSA) is 33.1 Å². The molecule has 4 nitrogen and oxygen atoms in total. The molecule has 6 rings (SSSR count). The lowest BCUT2D eigenvalue weighted by Crippen LogP contribution is -2.47. The first-order valence-electron chi connectivity index (χ1n) is 12.9. The van der Waals surface area contributed by atoms with Gasteiger partial charge in [-0.05, 0) is 113 Å². The number of piperidine rings is 2. The molecule has 3 aromatic rings. The van der Waals surface area contributed by atoms with Gasteiger partial charge in [-0.3, -0.25) is 4.90 Å². The number of nitrogens with zero attached hydrogens (tertiary/aromatic N) is 3. The van der Waals surface area contributed by atoms with Crippen LogP contribution in [0, 0.1) is 12.7 Å². The van der Waals surface area contributed by atoms with Crippen molar-refractivity contribution >= 4 is 22.6 Å². The Kier molecular flexibility index (Phi) is 5.91. The summed E-state index contributed by atoms with van der Waals surface area (Å²) in [4.78, 5) is 7.62. The van der Waals surface area contributed by atoms with E-state index in [9.17, 15) is 4.39 Å². The number of para-hydroxylation sites is 2. The number of hydrogen-bond acceptors (Lipinski definition) is 3. The maximum atomic E-state index is 14.3. The van der Waals surface area contributed by atoms with Gasteiger partial charge in [0.25, 0.3) is 0 Å². The van der Waals surface area contributed by atoms with Gasteiger partial charge in [0.1, 0.15) is 11.6 Å².